The van der Waals surface area contributed by atoms with Crippen molar-refractivity contribution in [3.8, 4) is 11.3 Å². The van der Waals surface area contributed by atoms with Crippen LogP contribution in [-0.2, 0) is 15.1 Å². The Hall–Kier alpha value is -3.92. The number of hydrogen-bond donors (Lipinski definition) is 2. The van der Waals surface area contributed by atoms with Crippen LogP contribution in [0.15, 0.2) is 55.0 Å². The van der Waals surface area contributed by atoms with E-state index in [4.69, 9.17) is 4.74 Å². The molecule has 5 rings (SSSR count). The number of carbonyl (C=O) groups excluding carboxylic acids is 2. The highest BCUT2D eigenvalue weighted by Crippen LogP contribution is 2.48. The first kappa shape index (κ1) is 20.0. The fourth-order valence-electron chi connectivity index (χ4n) is 4.26. The van der Waals surface area contributed by atoms with Gasteiger partial charge in [0.05, 0.1) is 17.3 Å². The zero-order valence-electron chi connectivity index (χ0n) is 16.9. The first-order valence-corrected chi connectivity index (χ1v) is 10.1. The summed E-state index contributed by atoms with van der Waals surface area (Å²) in [5.74, 6) is -1.18. The lowest BCUT2D eigenvalue weighted by molar-refractivity contribution is -0.606. The van der Waals surface area contributed by atoms with Crippen LogP contribution in [0.5, 0.6) is 0 Å². The van der Waals surface area contributed by atoms with Crippen molar-refractivity contribution in [3.63, 3.8) is 0 Å². The molecular weight excluding hydrogens is 414 g/mol. The van der Waals surface area contributed by atoms with Crippen molar-refractivity contribution in [2.45, 2.75) is 36.9 Å². The first-order chi connectivity index (χ1) is 15.4. The van der Waals surface area contributed by atoms with E-state index in [0.29, 0.717) is 21.6 Å². The number of aromatic nitrogens is 4. The Labute approximate surface area is 182 Å². The third-order valence-electron chi connectivity index (χ3n) is 6.10. The monoisotopic (exact) mass is 433 g/mol. The Morgan fingerprint density at radius 1 is 1.12 bits per heavy atom. The van der Waals surface area contributed by atoms with Gasteiger partial charge in [-0.05, 0) is 25.7 Å². The lowest BCUT2D eigenvalue weighted by Crippen LogP contribution is -2.49. The minimum atomic E-state index is -1.69. The van der Waals surface area contributed by atoms with Crippen molar-refractivity contribution in [3.05, 3.63) is 71.3 Å². The number of rotatable bonds is 3. The molecular formula is C22H19N5O5. The molecule has 32 heavy (non-hydrogen) atoms. The van der Waals surface area contributed by atoms with Gasteiger partial charge in [-0.2, -0.15) is 4.73 Å². The fourth-order valence-corrected chi connectivity index (χ4v) is 4.26. The number of ether oxygens (including phenoxy) is 1. The Kier molecular flexibility index (Phi) is 4.59. The van der Waals surface area contributed by atoms with Gasteiger partial charge in [-0.25, -0.2) is 9.78 Å². The Bertz CT molecular complexity index is 1190. The number of nitrogens with one attached hydrogen (secondary N) is 1. The molecule has 10 heteroatoms. The predicted octanol–water partition coefficient (Wildman–Crippen LogP) is 1.48. The summed E-state index contributed by atoms with van der Waals surface area (Å²) in [5, 5.41) is 33.2. The molecule has 2 aliphatic rings. The van der Waals surface area contributed by atoms with Crippen LogP contribution >= 0.6 is 0 Å². The van der Waals surface area contributed by atoms with Crippen molar-refractivity contribution >= 4 is 17.8 Å². The summed E-state index contributed by atoms with van der Waals surface area (Å²) in [6.45, 7) is 0. The molecule has 2 N–H and O–H groups in total. The molecule has 0 saturated heterocycles. The largest absolute Gasteiger partial charge is 0.619 e. The van der Waals surface area contributed by atoms with Crippen LogP contribution in [0.2, 0.25) is 0 Å². The number of fused-ring (bicyclic) bond motifs is 2. The maximum Gasteiger partial charge on any atom is 0.339 e. The van der Waals surface area contributed by atoms with Crippen LogP contribution < -0.4 is 10.0 Å². The van der Waals surface area contributed by atoms with Crippen LogP contribution in [0.4, 0.5) is 5.95 Å². The molecule has 3 heterocycles. The number of pyridine rings is 1. The summed E-state index contributed by atoms with van der Waals surface area (Å²) in [7, 11) is 0. The van der Waals surface area contributed by atoms with Crippen molar-refractivity contribution < 1.29 is 24.2 Å². The summed E-state index contributed by atoms with van der Waals surface area (Å²) in [4.78, 5) is 29.1. The van der Waals surface area contributed by atoms with E-state index in [-0.39, 0.29) is 31.6 Å². The number of anilines is 1. The van der Waals surface area contributed by atoms with Gasteiger partial charge in [0, 0.05) is 11.6 Å². The lowest BCUT2D eigenvalue weighted by Gasteiger charge is -2.39. The molecule has 1 amide bonds. The van der Waals surface area contributed by atoms with Crippen molar-refractivity contribution in [1.82, 2.24) is 15.2 Å². The van der Waals surface area contributed by atoms with E-state index >= 15 is 0 Å². The van der Waals surface area contributed by atoms with Crippen LogP contribution in [0.25, 0.3) is 11.3 Å². The van der Waals surface area contributed by atoms with Gasteiger partial charge < -0.3 is 15.1 Å². The van der Waals surface area contributed by atoms with Gasteiger partial charge in [-0.1, -0.05) is 30.3 Å². The topological polar surface area (TPSA) is 141 Å². The van der Waals surface area contributed by atoms with E-state index in [2.05, 4.69) is 20.5 Å². The summed E-state index contributed by atoms with van der Waals surface area (Å²) < 4.78 is 6.20. The van der Waals surface area contributed by atoms with Crippen LogP contribution in [-0.4, -0.2) is 37.8 Å². The summed E-state index contributed by atoms with van der Waals surface area (Å²) in [6, 6.07) is 10.8. The number of esters is 1. The summed E-state index contributed by atoms with van der Waals surface area (Å²) in [5.41, 5.74) is -0.477. The third-order valence-corrected chi connectivity index (χ3v) is 6.10. The van der Waals surface area contributed by atoms with Crippen LogP contribution in [0.1, 0.15) is 41.6 Å². The second-order valence-electron chi connectivity index (χ2n) is 8.03. The van der Waals surface area contributed by atoms with Crippen LogP contribution in [0.3, 0.4) is 0 Å². The van der Waals surface area contributed by atoms with Gasteiger partial charge >= 0.3 is 5.97 Å². The van der Waals surface area contributed by atoms with Gasteiger partial charge in [0.15, 0.2) is 12.4 Å². The number of carbonyl (C=O) groups is 2. The Balaban J connectivity index is 1.28. The molecule has 1 aliphatic heterocycles. The van der Waals surface area contributed by atoms with E-state index < -0.39 is 23.1 Å². The Morgan fingerprint density at radius 3 is 2.56 bits per heavy atom. The van der Waals surface area contributed by atoms with Gasteiger partial charge in [0.25, 0.3) is 5.91 Å². The zero-order valence-corrected chi connectivity index (χ0v) is 16.9. The van der Waals surface area contributed by atoms with Gasteiger partial charge in [-0.3, -0.25) is 10.1 Å². The van der Waals surface area contributed by atoms with E-state index in [1.807, 2.05) is 30.3 Å². The molecule has 0 unspecified atom stereocenters. The Morgan fingerprint density at radius 2 is 1.88 bits per heavy atom. The maximum absolute atomic E-state index is 12.8. The summed E-state index contributed by atoms with van der Waals surface area (Å²) >= 11 is 0. The minimum absolute atomic E-state index is 0.0200. The SMILES string of the molecule is O=C1OC2(CCC(O)(C(=O)Nc3ncc(-c4ccccc4)nn3)CC2)c2c[n+]([O-])ccc21. The first-order valence-electron chi connectivity index (χ1n) is 10.1. The smallest absolute Gasteiger partial charge is 0.339 e. The average Bonchev–Trinajstić information content (AvgIpc) is 3.08. The normalized spacial score (nSPS) is 24.1. The predicted molar refractivity (Wildman–Crippen MR) is 110 cm³/mol. The van der Waals surface area contributed by atoms with E-state index in [1.54, 1.807) is 0 Å². The molecule has 10 nitrogen and oxygen atoms in total. The fraction of sp³-hybridized carbons (Fsp3) is 0.273. The zero-order chi connectivity index (χ0) is 22.3. The van der Waals surface area contributed by atoms with Crippen LogP contribution in [0, 0.1) is 5.21 Å². The van der Waals surface area contributed by atoms with E-state index in [1.165, 1.54) is 24.7 Å². The molecule has 0 radical (unpaired) electrons. The molecule has 0 bridgehead atoms. The van der Waals surface area contributed by atoms with Gasteiger partial charge in [-0.15, -0.1) is 10.2 Å². The van der Waals surface area contributed by atoms with E-state index in [0.717, 1.165) is 5.56 Å². The molecule has 2 aromatic heterocycles. The van der Waals surface area contributed by atoms with Gasteiger partial charge in [0.1, 0.15) is 16.9 Å². The quantitative estimate of drug-likeness (QED) is 0.359. The molecule has 1 aromatic carbocycles. The number of benzene rings is 1. The number of nitrogens with zero attached hydrogens (tertiary/aromatic N) is 4. The molecule has 1 saturated carbocycles. The van der Waals surface area contributed by atoms with Crippen molar-refractivity contribution in [2.24, 2.45) is 0 Å². The number of aliphatic hydroxyl groups is 1. The molecule has 0 atom stereocenters. The second-order valence-corrected chi connectivity index (χ2v) is 8.03. The summed E-state index contributed by atoms with van der Waals surface area (Å²) in [6.07, 6.45) is 4.52. The molecule has 1 aliphatic carbocycles. The highest BCUT2D eigenvalue weighted by atomic mass is 16.6. The highest BCUT2D eigenvalue weighted by Gasteiger charge is 2.54. The van der Waals surface area contributed by atoms with Crippen molar-refractivity contribution in [2.75, 3.05) is 5.32 Å². The van der Waals surface area contributed by atoms with Gasteiger partial charge in [0.2, 0.25) is 5.95 Å². The molecule has 1 spiro atoms. The van der Waals surface area contributed by atoms with Crippen molar-refractivity contribution in [1.29, 1.82) is 0 Å². The molecule has 162 valence electrons. The minimum Gasteiger partial charge on any atom is -0.619 e. The molecule has 1 fully saturated rings. The maximum atomic E-state index is 12.8. The third kappa shape index (κ3) is 3.34. The molecule has 3 aromatic rings. The standard InChI is InChI=1S/C22H19N5O5/c28-18-15-6-11-27(31)13-16(15)22(32-18)9-7-21(30,8-10-22)19(29)24-20-23-12-17(25-26-20)14-4-2-1-3-5-14/h1-6,11-13,30H,7-10H2,(H,23,24,26,29). The number of amides is 1. The second kappa shape index (κ2) is 7.34. The average molecular weight is 433 g/mol. The number of hydrogen-bond acceptors (Lipinski definition) is 8. The van der Waals surface area contributed by atoms with E-state index in [9.17, 15) is 19.9 Å². The lowest BCUT2D eigenvalue weighted by atomic mass is 9.73. The highest BCUT2D eigenvalue weighted by molar-refractivity contribution is 5.96.